The summed E-state index contributed by atoms with van der Waals surface area (Å²) >= 11 is 1.51. The van der Waals surface area contributed by atoms with Crippen LogP contribution in [0, 0.1) is 20.6 Å². The minimum Gasteiger partial charge on any atom is -0.358 e. The molecule has 0 unspecified atom stereocenters. The number of halogens is 3. The van der Waals surface area contributed by atoms with Crippen LogP contribution in [0.15, 0.2) is 6.20 Å². The van der Waals surface area contributed by atoms with Gasteiger partial charge in [-0.2, -0.15) is 0 Å². The molecule has 1 aromatic heterocycles. The Kier molecular flexibility index (Phi) is 3.29. The zero-order valence-electron chi connectivity index (χ0n) is 7.00. The predicted molar refractivity (Wildman–Crippen MR) is 53.3 cm³/mol. The molecule has 0 N–H and O–H groups in total. The minimum atomic E-state index is -2.72. The van der Waals surface area contributed by atoms with Crippen molar-refractivity contribution < 1.29 is 13.7 Å². The van der Waals surface area contributed by atoms with Crippen LogP contribution < -0.4 is 0 Å². The molecule has 1 aromatic rings. The zero-order valence-corrected chi connectivity index (χ0v) is 9.16. The standard InChI is InChI=1S/C7H5F2IN2O2/c1-3-2-11-7(12(13)14)5(10)4(3)6(8)9/h2,6H,1H3. The number of hydrogen-bond donors (Lipinski definition) is 0. The third kappa shape index (κ3) is 1.97. The van der Waals surface area contributed by atoms with Gasteiger partial charge in [-0.3, -0.25) is 0 Å². The van der Waals surface area contributed by atoms with Gasteiger partial charge in [0.25, 0.3) is 6.43 Å². The zero-order chi connectivity index (χ0) is 10.9. The van der Waals surface area contributed by atoms with Crippen LogP contribution in [0.5, 0.6) is 0 Å². The van der Waals surface area contributed by atoms with E-state index < -0.39 is 17.2 Å². The second kappa shape index (κ2) is 4.11. The molecule has 7 heteroatoms. The third-order valence-electron chi connectivity index (χ3n) is 1.63. The minimum absolute atomic E-state index is 0.0948. The fourth-order valence-electron chi connectivity index (χ4n) is 0.973. The van der Waals surface area contributed by atoms with E-state index in [1.807, 2.05) is 0 Å². The Bertz CT molecular complexity index is 384. The van der Waals surface area contributed by atoms with Crippen molar-refractivity contribution in [1.29, 1.82) is 0 Å². The van der Waals surface area contributed by atoms with Gasteiger partial charge in [0.05, 0.1) is 0 Å². The fourth-order valence-corrected chi connectivity index (χ4v) is 1.97. The Hall–Kier alpha value is -0.860. The summed E-state index contributed by atoms with van der Waals surface area (Å²) in [7, 11) is 0. The van der Waals surface area contributed by atoms with Crippen molar-refractivity contribution in [2.45, 2.75) is 13.3 Å². The van der Waals surface area contributed by atoms with Crippen molar-refractivity contribution in [3.63, 3.8) is 0 Å². The molecule has 1 heterocycles. The van der Waals surface area contributed by atoms with Crippen molar-refractivity contribution in [2.75, 3.05) is 0 Å². The number of pyridine rings is 1. The van der Waals surface area contributed by atoms with E-state index in [1.165, 1.54) is 29.5 Å². The first-order valence-electron chi connectivity index (χ1n) is 3.52. The molecule has 0 aromatic carbocycles. The number of alkyl halides is 2. The highest BCUT2D eigenvalue weighted by atomic mass is 127. The highest BCUT2D eigenvalue weighted by Crippen LogP contribution is 2.31. The second-order valence-corrected chi connectivity index (χ2v) is 3.63. The van der Waals surface area contributed by atoms with Gasteiger partial charge in [-0.15, -0.1) is 0 Å². The third-order valence-corrected chi connectivity index (χ3v) is 2.69. The molecule has 0 aliphatic rings. The summed E-state index contributed by atoms with van der Waals surface area (Å²) in [5, 5.41) is 10.4. The lowest BCUT2D eigenvalue weighted by molar-refractivity contribution is -0.390. The topological polar surface area (TPSA) is 56.0 Å². The molecular weight excluding hydrogens is 309 g/mol. The average molecular weight is 314 g/mol. The summed E-state index contributed by atoms with van der Waals surface area (Å²) in [5.74, 6) is -0.522. The van der Waals surface area contributed by atoms with Crippen LogP contribution in [0.1, 0.15) is 17.6 Å². The first kappa shape index (κ1) is 11.2. The van der Waals surface area contributed by atoms with Gasteiger partial charge >= 0.3 is 5.82 Å². The van der Waals surface area contributed by atoms with E-state index in [-0.39, 0.29) is 14.7 Å². The Morgan fingerprint density at radius 1 is 1.64 bits per heavy atom. The summed E-state index contributed by atoms with van der Waals surface area (Å²) in [4.78, 5) is 13.1. The van der Waals surface area contributed by atoms with E-state index in [0.29, 0.717) is 0 Å². The first-order chi connectivity index (χ1) is 6.45. The molecule has 0 radical (unpaired) electrons. The van der Waals surface area contributed by atoms with Gasteiger partial charge in [0.15, 0.2) is 0 Å². The van der Waals surface area contributed by atoms with Crippen LogP contribution >= 0.6 is 22.6 Å². The van der Waals surface area contributed by atoms with E-state index in [4.69, 9.17) is 0 Å². The van der Waals surface area contributed by atoms with Gasteiger partial charge in [0, 0.05) is 11.1 Å². The Morgan fingerprint density at radius 3 is 2.64 bits per heavy atom. The molecule has 0 aliphatic carbocycles. The fraction of sp³-hybridized carbons (Fsp3) is 0.286. The lowest BCUT2D eigenvalue weighted by atomic mass is 10.1. The molecule has 1 rings (SSSR count). The number of rotatable bonds is 2. The molecule has 0 saturated heterocycles. The van der Waals surface area contributed by atoms with E-state index in [9.17, 15) is 18.9 Å². The molecule has 14 heavy (non-hydrogen) atoms. The maximum Gasteiger partial charge on any atom is 0.377 e. The second-order valence-electron chi connectivity index (χ2n) is 2.55. The van der Waals surface area contributed by atoms with Gasteiger partial charge in [0.1, 0.15) is 9.77 Å². The van der Waals surface area contributed by atoms with Crippen LogP contribution in [0.3, 0.4) is 0 Å². The number of aromatic nitrogens is 1. The molecule has 0 spiro atoms. The van der Waals surface area contributed by atoms with Crippen molar-refractivity contribution in [3.8, 4) is 0 Å². The molecule has 0 fully saturated rings. The van der Waals surface area contributed by atoms with Gasteiger partial charge in [-0.1, -0.05) is 0 Å². The summed E-state index contributed by atoms with van der Waals surface area (Å²) in [5.41, 5.74) is -0.0534. The monoisotopic (exact) mass is 314 g/mol. The quantitative estimate of drug-likeness (QED) is 0.479. The van der Waals surface area contributed by atoms with E-state index in [1.54, 1.807) is 0 Å². The van der Waals surface area contributed by atoms with Crippen molar-refractivity contribution >= 4 is 28.4 Å². The lowest BCUT2D eigenvalue weighted by Crippen LogP contribution is -2.02. The molecule has 0 aliphatic heterocycles. The van der Waals surface area contributed by atoms with Crippen molar-refractivity contribution in [3.05, 3.63) is 31.0 Å². The maximum atomic E-state index is 12.5. The molecule has 76 valence electrons. The summed E-state index contributed by atoms with van der Waals surface area (Å²) < 4.78 is 24.9. The Labute approximate surface area is 91.6 Å². The smallest absolute Gasteiger partial charge is 0.358 e. The molecule has 4 nitrogen and oxygen atoms in total. The van der Waals surface area contributed by atoms with Gasteiger partial charge < -0.3 is 10.1 Å². The first-order valence-corrected chi connectivity index (χ1v) is 4.60. The molecular formula is C7H5F2IN2O2. The van der Waals surface area contributed by atoms with Crippen LogP contribution in [0.4, 0.5) is 14.6 Å². The number of aryl methyl sites for hydroxylation is 1. The SMILES string of the molecule is Cc1cnc([N+](=O)[O-])c(I)c1C(F)F. The van der Waals surface area contributed by atoms with Gasteiger partial charge in [-0.25, -0.2) is 8.78 Å². The summed E-state index contributed by atoms with van der Waals surface area (Å²) in [6.07, 6.45) is -1.63. The van der Waals surface area contributed by atoms with Crippen LogP contribution in [-0.2, 0) is 0 Å². The van der Waals surface area contributed by atoms with E-state index >= 15 is 0 Å². The lowest BCUT2D eigenvalue weighted by Gasteiger charge is -2.05. The highest BCUT2D eigenvalue weighted by molar-refractivity contribution is 14.1. The molecule has 0 bridgehead atoms. The van der Waals surface area contributed by atoms with Crippen molar-refractivity contribution in [2.24, 2.45) is 0 Å². The maximum absolute atomic E-state index is 12.5. The van der Waals surface area contributed by atoms with Crippen LogP contribution in [0.2, 0.25) is 0 Å². The molecule has 0 amide bonds. The average Bonchev–Trinajstić information content (AvgIpc) is 2.02. The summed E-state index contributed by atoms with van der Waals surface area (Å²) in [6, 6.07) is 0. The van der Waals surface area contributed by atoms with Gasteiger partial charge in [0.2, 0.25) is 0 Å². The largest absolute Gasteiger partial charge is 0.377 e. The van der Waals surface area contributed by atoms with Gasteiger partial charge in [-0.05, 0) is 39.4 Å². The predicted octanol–water partition coefficient (Wildman–Crippen LogP) is 2.84. The number of nitrogens with zero attached hydrogens (tertiary/aromatic N) is 2. The Morgan fingerprint density at radius 2 is 2.21 bits per heavy atom. The van der Waals surface area contributed by atoms with Crippen LogP contribution in [-0.4, -0.2) is 9.91 Å². The number of hydrogen-bond acceptors (Lipinski definition) is 3. The highest BCUT2D eigenvalue weighted by Gasteiger charge is 2.24. The van der Waals surface area contributed by atoms with E-state index in [2.05, 4.69) is 4.98 Å². The normalized spacial score (nSPS) is 10.6. The van der Waals surface area contributed by atoms with E-state index in [0.717, 1.165) is 6.20 Å². The Balaban J connectivity index is 3.41. The number of nitro groups is 1. The van der Waals surface area contributed by atoms with Crippen LogP contribution in [0.25, 0.3) is 0 Å². The summed E-state index contributed by atoms with van der Waals surface area (Å²) in [6.45, 7) is 1.44. The molecule has 0 saturated carbocycles. The van der Waals surface area contributed by atoms with Crippen molar-refractivity contribution in [1.82, 2.24) is 4.98 Å². The molecule has 0 atom stereocenters.